The van der Waals surface area contributed by atoms with E-state index in [4.69, 9.17) is 19.9 Å². The molecule has 2 aliphatic rings. The molecule has 0 radical (unpaired) electrons. The molecule has 0 amide bonds. The molecule has 3 rings (SSSR count). The number of ether oxygens (including phenoxy) is 3. The molecule has 2 aliphatic heterocycles. The van der Waals surface area contributed by atoms with Crippen molar-refractivity contribution in [1.82, 2.24) is 4.57 Å². The predicted octanol–water partition coefficient (Wildman–Crippen LogP) is 0.660. The Hall–Kier alpha value is -1.21. The first-order valence-electron chi connectivity index (χ1n) is 7.37. The van der Waals surface area contributed by atoms with Crippen LogP contribution in [0.1, 0.15) is 36.1 Å². The number of fused-ring (bicyclic) bond motifs is 2. The summed E-state index contributed by atoms with van der Waals surface area (Å²) in [5.41, 5.74) is 8.21. The van der Waals surface area contributed by atoms with Crippen LogP contribution in [-0.4, -0.2) is 31.5 Å². The fourth-order valence-corrected chi connectivity index (χ4v) is 3.36. The van der Waals surface area contributed by atoms with Crippen LogP contribution < -0.4 is 11.3 Å². The number of methoxy groups -OCH3 is 1. The molecule has 1 atom stereocenters. The molecule has 116 valence electrons. The van der Waals surface area contributed by atoms with E-state index in [1.807, 2.05) is 13.0 Å². The van der Waals surface area contributed by atoms with Crippen LogP contribution in [0.25, 0.3) is 0 Å². The minimum atomic E-state index is -0.742. The van der Waals surface area contributed by atoms with Gasteiger partial charge in [-0.15, -0.1) is 0 Å². The minimum Gasteiger partial charge on any atom is -0.384 e. The van der Waals surface area contributed by atoms with Gasteiger partial charge in [0.1, 0.15) is 0 Å². The van der Waals surface area contributed by atoms with Gasteiger partial charge in [0.15, 0.2) is 0 Å². The van der Waals surface area contributed by atoms with Gasteiger partial charge in [0.25, 0.3) is 5.56 Å². The number of nitrogens with two attached hydrogens (primary N) is 1. The highest BCUT2D eigenvalue weighted by Gasteiger charge is 2.45. The molecule has 1 fully saturated rings. The summed E-state index contributed by atoms with van der Waals surface area (Å²) in [5.74, 6) is -0.639. The van der Waals surface area contributed by atoms with E-state index in [0.29, 0.717) is 38.3 Å². The lowest BCUT2D eigenvalue weighted by atomic mass is 9.95. The van der Waals surface area contributed by atoms with Crippen molar-refractivity contribution in [2.24, 2.45) is 5.73 Å². The van der Waals surface area contributed by atoms with E-state index in [9.17, 15) is 4.79 Å². The Morgan fingerprint density at radius 1 is 1.48 bits per heavy atom. The molecule has 6 nitrogen and oxygen atoms in total. The minimum absolute atomic E-state index is 0.0241. The van der Waals surface area contributed by atoms with Gasteiger partial charge in [-0.2, -0.15) is 0 Å². The first-order valence-corrected chi connectivity index (χ1v) is 7.37. The van der Waals surface area contributed by atoms with Crippen LogP contribution >= 0.6 is 0 Å². The van der Waals surface area contributed by atoms with Crippen LogP contribution in [0.4, 0.5) is 0 Å². The van der Waals surface area contributed by atoms with Crippen LogP contribution in [0.15, 0.2) is 10.9 Å². The number of hydrogen-bond donors (Lipinski definition) is 1. The van der Waals surface area contributed by atoms with E-state index in [-0.39, 0.29) is 18.0 Å². The van der Waals surface area contributed by atoms with Crippen molar-refractivity contribution in [2.75, 3.05) is 26.9 Å². The van der Waals surface area contributed by atoms with E-state index >= 15 is 0 Å². The van der Waals surface area contributed by atoms with Gasteiger partial charge < -0.3 is 24.5 Å². The topological polar surface area (TPSA) is 75.7 Å². The molecule has 6 heteroatoms. The van der Waals surface area contributed by atoms with Crippen molar-refractivity contribution >= 4 is 0 Å². The van der Waals surface area contributed by atoms with Crippen molar-refractivity contribution in [3.63, 3.8) is 0 Å². The Morgan fingerprint density at radius 2 is 2.19 bits per heavy atom. The van der Waals surface area contributed by atoms with Crippen molar-refractivity contribution in [1.29, 1.82) is 0 Å². The standard InChI is InChI=1S/C15H22N2O4/c1-10(9-19-2)11-7-13-15(20-5-6-21-15)3-4-17(13)14(18)12(11)8-16/h7,10H,3-6,8-9,16H2,1-2H3. The highest BCUT2D eigenvalue weighted by Crippen LogP contribution is 2.40. The van der Waals surface area contributed by atoms with Gasteiger partial charge in [-0.1, -0.05) is 6.92 Å². The molecule has 2 N–H and O–H groups in total. The lowest BCUT2D eigenvalue weighted by Crippen LogP contribution is -2.31. The summed E-state index contributed by atoms with van der Waals surface area (Å²) in [5, 5.41) is 0. The van der Waals surface area contributed by atoms with Gasteiger partial charge in [0, 0.05) is 38.1 Å². The molecule has 1 aromatic heterocycles. The number of pyridine rings is 1. The number of nitrogens with zero attached hydrogens (tertiary/aromatic N) is 1. The fourth-order valence-electron chi connectivity index (χ4n) is 3.36. The Labute approximate surface area is 123 Å². The predicted molar refractivity (Wildman–Crippen MR) is 77.1 cm³/mol. The average Bonchev–Trinajstić information content (AvgIpc) is 3.08. The molecule has 0 bridgehead atoms. The van der Waals surface area contributed by atoms with Crippen molar-refractivity contribution in [3.8, 4) is 0 Å². The maximum Gasteiger partial charge on any atom is 0.255 e. The summed E-state index contributed by atoms with van der Waals surface area (Å²) in [4.78, 5) is 12.7. The Morgan fingerprint density at radius 3 is 2.81 bits per heavy atom. The second kappa shape index (κ2) is 5.53. The van der Waals surface area contributed by atoms with Crippen molar-refractivity contribution in [2.45, 2.75) is 38.1 Å². The van der Waals surface area contributed by atoms with Crippen LogP contribution in [0.2, 0.25) is 0 Å². The van der Waals surface area contributed by atoms with Gasteiger partial charge in [0.2, 0.25) is 5.79 Å². The van der Waals surface area contributed by atoms with Gasteiger partial charge in [-0.05, 0) is 11.6 Å². The monoisotopic (exact) mass is 294 g/mol. The van der Waals surface area contributed by atoms with Crippen molar-refractivity contribution in [3.05, 3.63) is 33.2 Å². The third-order valence-corrected chi connectivity index (χ3v) is 4.40. The summed E-state index contributed by atoms with van der Waals surface area (Å²) in [7, 11) is 1.66. The van der Waals surface area contributed by atoms with Crippen LogP contribution in [0.3, 0.4) is 0 Å². The largest absolute Gasteiger partial charge is 0.384 e. The molecule has 0 saturated carbocycles. The molecule has 1 unspecified atom stereocenters. The van der Waals surface area contributed by atoms with Crippen molar-refractivity contribution < 1.29 is 14.2 Å². The zero-order valence-corrected chi connectivity index (χ0v) is 12.6. The molecule has 1 aromatic rings. The number of aromatic nitrogens is 1. The fraction of sp³-hybridized carbons (Fsp3) is 0.667. The van der Waals surface area contributed by atoms with Crippen LogP contribution in [-0.2, 0) is 33.1 Å². The maximum atomic E-state index is 12.7. The van der Waals surface area contributed by atoms with E-state index in [0.717, 1.165) is 11.3 Å². The highest BCUT2D eigenvalue weighted by molar-refractivity contribution is 5.34. The molecular formula is C15H22N2O4. The first kappa shape index (κ1) is 14.7. The Balaban J connectivity index is 2.14. The molecule has 21 heavy (non-hydrogen) atoms. The van der Waals surface area contributed by atoms with Crippen LogP contribution in [0, 0.1) is 0 Å². The van der Waals surface area contributed by atoms with Gasteiger partial charge in [-0.25, -0.2) is 0 Å². The number of hydrogen-bond acceptors (Lipinski definition) is 5. The summed E-state index contributed by atoms with van der Waals surface area (Å²) < 4.78 is 18.6. The molecule has 0 aromatic carbocycles. The Kier molecular flexibility index (Phi) is 3.88. The zero-order chi connectivity index (χ0) is 15.0. The smallest absolute Gasteiger partial charge is 0.255 e. The van der Waals surface area contributed by atoms with Crippen LogP contribution in [0.5, 0.6) is 0 Å². The van der Waals surface area contributed by atoms with Gasteiger partial charge >= 0.3 is 0 Å². The molecule has 0 aliphatic carbocycles. The molecule has 1 saturated heterocycles. The van der Waals surface area contributed by atoms with E-state index in [1.165, 1.54) is 0 Å². The van der Waals surface area contributed by atoms with E-state index in [2.05, 4.69) is 0 Å². The first-order chi connectivity index (χ1) is 10.1. The average molecular weight is 294 g/mol. The number of rotatable bonds is 4. The van der Waals surface area contributed by atoms with Gasteiger partial charge in [-0.3, -0.25) is 4.79 Å². The third kappa shape index (κ3) is 2.23. The summed E-state index contributed by atoms with van der Waals surface area (Å²) in [6, 6.07) is 2.02. The van der Waals surface area contributed by atoms with E-state index < -0.39 is 5.79 Å². The second-order valence-corrected chi connectivity index (χ2v) is 5.68. The highest BCUT2D eigenvalue weighted by atomic mass is 16.7. The quantitative estimate of drug-likeness (QED) is 0.883. The summed E-state index contributed by atoms with van der Waals surface area (Å²) in [6.45, 7) is 4.56. The Bertz CT molecular complexity index is 590. The third-order valence-electron chi connectivity index (χ3n) is 4.40. The van der Waals surface area contributed by atoms with E-state index in [1.54, 1.807) is 11.7 Å². The molecule has 3 heterocycles. The SMILES string of the molecule is COCC(C)c1cc2n(c(=O)c1CN)CCC21OCCO1. The zero-order valence-electron chi connectivity index (χ0n) is 12.6. The molecular weight excluding hydrogens is 272 g/mol. The maximum absolute atomic E-state index is 12.7. The summed E-state index contributed by atoms with van der Waals surface area (Å²) in [6.07, 6.45) is 0.675. The normalized spacial score (nSPS) is 20.9. The lowest BCUT2D eigenvalue weighted by Gasteiger charge is -2.24. The summed E-state index contributed by atoms with van der Waals surface area (Å²) >= 11 is 0. The lowest BCUT2D eigenvalue weighted by molar-refractivity contribution is -0.163. The second-order valence-electron chi connectivity index (χ2n) is 5.68. The molecule has 1 spiro atoms. The van der Waals surface area contributed by atoms with Gasteiger partial charge in [0.05, 0.1) is 25.5 Å².